The number of benzene rings is 2. The van der Waals surface area contributed by atoms with Crippen molar-refractivity contribution in [3.8, 4) is 0 Å². The molecule has 1 aromatic heterocycles. The summed E-state index contributed by atoms with van der Waals surface area (Å²) in [6.45, 7) is 6.33. The van der Waals surface area contributed by atoms with Gasteiger partial charge in [-0.15, -0.1) is 0 Å². The maximum Gasteiger partial charge on any atom is 0.122 e. The molecule has 2 aromatic carbocycles. The molecule has 0 unspecified atom stereocenters. The van der Waals surface area contributed by atoms with E-state index in [1.54, 1.807) is 0 Å². The molecule has 0 aliphatic carbocycles. The molecule has 0 fully saturated rings. The van der Waals surface area contributed by atoms with Crippen LogP contribution in [0.5, 0.6) is 0 Å². The smallest absolute Gasteiger partial charge is 0.122 e. The number of aromatic nitrogens is 2. The molecular weight excluding hydrogens is 258 g/mol. The predicted molar refractivity (Wildman–Crippen MR) is 88.4 cm³/mol. The summed E-state index contributed by atoms with van der Waals surface area (Å²) in [6.07, 6.45) is 0.800. The lowest BCUT2D eigenvalue weighted by Crippen LogP contribution is -2.24. The van der Waals surface area contributed by atoms with Gasteiger partial charge in [-0.05, 0) is 37.1 Å². The maximum atomic E-state index is 6.09. The van der Waals surface area contributed by atoms with Crippen LogP contribution in [0.2, 0.25) is 0 Å². The van der Waals surface area contributed by atoms with Gasteiger partial charge in [0.15, 0.2) is 0 Å². The Labute approximate surface area is 125 Å². The van der Waals surface area contributed by atoms with Crippen molar-refractivity contribution in [3.63, 3.8) is 0 Å². The highest BCUT2D eigenvalue weighted by atomic mass is 15.3. The van der Waals surface area contributed by atoms with Crippen molar-refractivity contribution in [2.75, 3.05) is 5.73 Å². The molecule has 3 aromatic rings. The topological polar surface area (TPSA) is 43.8 Å². The highest BCUT2D eigenvalue weighted by Gasteiger charge is 2.18. The third-order valence-electron chi connectivity index (χ3n) is 3.67. The second-order valence-electron chi connectivity index (χ2n) is 6.46. The first kappa shape index (κ1) is 13.7. The molecule has 2 N–H and O–H groups in total. The zero-order chi connectivity index (χ0) is 15.0. The second kappa shape index (κ2) is 4.92. The summed E-state index contributed by atoms with van der Waals surface area (Å²) in [5, 5.41) is 7.22. The summed E-state index contributed by atoms with van der Waals surface area (Å²) in [7, 11) is 0. The highest BCUT2D eigenvalue weighted by molar-refractivity contribution is 5.85. The summed E-state index contributed by atoms with van der Waals surface area (Å²) in [5.74, 6) is 0.720. The SMILES string of the molecule is CC(C)(C)n1nc(Cc2cccc3ccccc23)cc1N. The predicted octanol–water partition coefficient (Wildman–Crippen LogP) is 3.96. The van der Waals surface area contributed by atoms with Crippen molar-refractivity contribution in [2.24, 2.45) is 0 Å². The minimum absolute atomic E-state index is 0.0961. The molecule has 0 saturated carbocycles. The number of nitrogen functional groups attached to an aromatic ring is 1. The van der Waals surface area contributed by atoms with Gasteiger partial charge in [-0.2, -0.15) is 5.10 Å². The molecule has 3 nitrogen and oxygen atoms in total. The van der Waals surface area contributed by atoms with Gasteiger partial charge < -0.3 is 5.73 Å². The summed E-state index contributed by atoms with van der Waals surface area (Å²) < 4.78 is 1.90. The Bertz CT molecular complexity index is 773. The van der Waals surface area contributed by atoms with Crippen LogP contribution in [0.15, 0.2) is 48.5 Å². The molecule has 0 atom stereocenters. The number of fused-ring (bicyclic) bond motifs is 1. The first-order valence-electron chi connectivity index (χ1n) is 7.27. The van der Waals surface area contributed by atoms with Crippen LogP contribution < -0.4 is 5.73 Å². The summed E-state index contributed by atoms with van der Waals surface area (Å²) >= 11 is 0. The molecule has 0 saturated heterocycles. The zero-order valence-corrected chi connectivity index (χ0v) is 12.8. The Balaban J connectivity index is 2.00. The van der Waals surface area contributed by atoms with Crippen LogP contribution in [0.1, 0.15) is 32.0 Å². The second-order valence-corrected chi connectivity index (χ2v) is 6.46. The largest absolute Gasteiger partial charge is 0.384 e. The van der Waals surface area contributed by atoms with Gasteiger partial charge in [-0.1, -0.05) is 42.5 Å². The van der Waals surface area contributed by atoms with E-state index in [0.717, 1.165) is 17.9 Å². The van der Waals surface area contributed by atoms with E-state index < -0.39 is 0 Å². The van der Waals surface area contributed by atoms with Crippen molar-refractivity contribution < 1.29 is 0 Å². The van der Waals surface area contributed by atoms with E-state index in [9.17, 15) is 0 Å². The van der Waals surface area contributed by atoms with Crippen molar-refractivity contribution in [1.29, 1.82) is 0 Å². The van der Waals surface area contributed by atoms with Gasteiger partial charge in [-0.25, -0.2) is 4.68 Å². The average molecular weight is 279 g/mol. The van der Waals surface area contributed by atoms with Gasteiger partial charge in [0.25, 0.3) is 0 Å². The summed E-state index contributed by atoms with van der Waals surface area (Å²) in [5.41, 5.74) is 8.29. The third-order valence-corrected chi connectivity index (χ3v) is 3.67. The molecule has 108 valence electrons. The molecule has 0 bridgehead atoms. The number of rotatable bonds is 2. The van der Waals surface area contributed by atoms with E-state index in [1.165, 1.54) is 16.3 Å². The Morgan fingerprint density at radius 2 is 1.76 bits per heavy atom. The van der Waals surface area contributed by atoms with Gasteiger partial charge in [-0.3, -0.25) is 0 Å². The molecule has 0 aliphatic heterocycles. The third kappa shape index (κ3) is 2.64. The number of hydrogen-bond acceptors (Lipinski definition) is 2. The Morgan fingerprint density at radius 1 is 1.05 bits per heavy atom. The van der Waals surface area contributed by atoms with Crippen LogP contribution in [0.25, 0.3) is 10.8 Å². The van der Waals surface area contributed by atoms with E-state index in [0.29, 0.717) is 0 Å². The lowest BCUT2D eigenvalue weighted by molar-refractivity contribution is 0.359. The molecule has 0 radical (unpaired) electrons. The van der Waals surface area contributed by atoms with E-state index in [2.05, 4.69) is 68.3 Å². The summed E-state index contributed by atoms with van der Waals surface area (Å²) in [6, 6.07) is 16.8. The van der Waals surface area contributed by atoms with Crippen molar-refractivity contribution in [2.45, 2.75) is 32.7 Å². The quantitative estimate of drug-likeness (QED) is 0.771. The minimum atomic E-state index is -0.0961. The van der Waals surface area contributed by atoms with Crippen LogP contribution in [-0.2, 0) is 12.0 Å². The Kier molecular flexibility index (Phi) is 3.20. The van der Waals surface area contributed by atoms with Crippen LogP contribution in [0, 0.1) is 0 Å². The highest BCUT2D eigenvalue weighted by Crippen LogP contribution is 2.24. The van der Waals surface area contributed by atoms with Gasteiger partial charge in [0.05, 0.1) is 11.2 Å². The van der Waals surface area contributed by atoms with Gasteiger partial charge in [0.1, 0.15) is 5.82 Å². The first-order valence-corrected chi connectivity index (χ1v) is 7.27. The van der Waals surface area contributed by atoms with Crippen molar-refractivity contribution in [3.05, 3.63) is 59.8 Å². The fraction of sp³-hybridized carbons (Fsp3) is 0.278. The van der Waals surface area contributed by atoms with Crippen LogP contribution in [0.3, 0.4) is 0 Å². The normalized spacial score (nSPS) is 12.0. The summed E-state index contributed by atoms with van der Waals surface area (Å²) in [4.78, 5) is 0. The van der Waals surface area contributed by atoms with Gasteiger partial charge >= 0.3 is 0 Å². The van der Waals surface area contributed by atoms with E-state index in [4.69, 9.17) is 5.73 Å². The molecule has 0 amide bonds. The standard InChI is InChI=1S/C18H21N3/c1-18(2,3)21-17(19)12-15(20-21)11-14-9-6-8-13-7-4-5-10-16(13)14/h4-10,12H,11,19H2,1-3H3. The molecule has 3 heteroatoms. The number of nitrogens with two attached hydrogens (primary N) is 1. The maximum absolute atomic E-state index is 6.09. The van der Waals surface area contributed by atoms with E-state index in [-0.39, 0.29) is 5.54 Å². The van der Waals surface area contributed by atoms with Gasteiger partial charge in [0.2, 0.25) is 0 Å². The Hall–Kier alpha value is -2.29. The van der Waals surface area contributed by atoms with Gasteiger partial charge in [0, 0.05) is 12.5 Å². The van der Waals surface area contributed by atoms with E-state index in [1.807, 2.05) is 10.7 Å². The first-order chi connectivity index (χ1) is 9.95. The van der Waals surface area contributed by atoms with Crippen LogP contribution in [0.4, 0.5) is 5.82 Å². The lowest BCUT2D eigenvalue weighted by Gasteiger charge is -2.20. The number of anilines is 1. The van der Waals surface area contributed by atoms with E-state index >= 15 is 0 Å². The van der Waals surface area contributed by atoms with Crippen molar-refractivity contribution >= 4 is 16.6 Å². The van der Waals surface area contributed by atoms with Crippen LogP contribution >= 0.6 is 0 Å². The molecule has 0 spiro atoms. The minimum Gasteiger partial charge on any atom is -0.384 e. The zero-order valence-electron chi connectivity index (χ0n) is 12.8. The monoisotopic (exact) mass is 279 g/mol. The van der Waals surface area contributed by atoms with Crippen LogP contribution in [-0.4, -0.2) is 9.78 Å². The average Bonchev–Trinajstić information content (AvgIpc) is 2.80. The molecule has 1 heterocycles. The van der Waals surface area contributed by atoms with Crippen molar-refractivity contribution in [1.82, 2.24) is 9.78 Å². The Morgan fingerprint density at radius 3 is 2.48 bits per heavy atom. The lowest BCUT2D eigenvalue weighted by atomic mass is 10.0. The fourth-order valence-corrected chi connectivity index (χ4v) is 2.71. The molecule has 3 rings (SSSR count). The fourth-order valence-electron chi connectivity index (χ4n) is 2.71. The molecular formula is C18H21N3. The number of nitrogens with zero attached hydrogens (tertiary/aromatic N) is 2. The number of hydrogen-bond donors (Lipinski definition) is 1. The molecule has 21 heavy (non-hydrogen) atoms. The molecule has 0 aliphatic rings.